The van der Waals surface area contributed by atoms with Crippen molar-refractivity contribution in [1.29, 1.82) is 0 Å². The van der Waals surface area contributed by atoms with E-state index < -0.39 is 0 Å². The molecule has 2 rings (SSSR count). The first-order valence-electron chi connectivity index (χ1n) is 7.43. The molecule has 118 valence electrons. The van der Waals surface area contributed by atoms with Gasteiger partial charge in [0.25, 0.3) is 0 Å². The van der Waals surface area contributed by atoms with E-state index in [9.17, 15) is 4.79 Å². The van der Waals surface area contributed by atoms with Gasteiger partial charge in [0.05, 0.1) is 19.2 Å². The molecule has 1 aromatic carbocycles. The van der Waals surface area contributed by atoms with Gasteiger partial charge in [-0.15, -0.1) is 11.3 Å². The van der Waals surface area contributed by atoms with Gasteiger partial charge < -0.3 is 10.1 Å². The third kappa shape index (κ3) is 4.07. The molecule has 1 unspecified atom stereocenters. The number of aryl methyl sites for hydroxylation is 1. The summed E-state index contributed by atoms with van der Waals surface area (Å²) in [6, 6.07) is 8.02. The van der Waals surface area contributed by atoms with E-state index in [1.807, 2.05) is 38.1 Å². The van der Waals surface area contributed by atoms with Gasteiger partial charge in [0.15, 0.2) is 0 Å². The molecule has 4 nitrogen and oxygen atoms in total. The zero-order valence-corrected chi connectivity index (χ0v) is 14.3. The molecule has 1 heterocycles. The highest BCUT2D eigenvalue weighted by molar-refractivity contribution is 7.15. The smallest absolute Gasteiger partial charge is 0.225 e. The fourth-order valence-corrected chi connectivity index (χ4v) is 3.10. The van der Waals surface area contributed by atoms with Gasteiger partial charge in [-0.25, -0.2) is 4.98 Å². The molecule has 0 aliphatic heterocycles. The van der Waals surface area contributed by atoms with E-state index in [4.69, 9.17) is 4.74 Å². The quantitative estimate of drug-likeness (QED) is 0.885. The number of carbonyl (C=O) groups excluding carboxylic acids is 1. The van der Waals surface area contributed by atoms with Crippen molar-refractivity contribution in [1.82, 2.24) is 10.3 Å². The summed E-state index contributed by atoms with van der Waals surface area (Å²) in [7, 11) is 1.65. The Bertz CT molecular complexity index is 652. The molecule has 0 spiro atoms. The van der Waals surface area contributed by atoms with E-state index in [1.54, 1.807) is 18.4 Å². The molecular formula is C17H22N2O2S. The predicted octanol–water partition coefficient (Wildman–Crippen LogP) is 3.58. The predicted molar refractivity (Wildman–Crippen MR) is 90.4 cm³/mol. The lowest BCUT2D eigenvalue weighted by molar-refractivity contribution is -0.121. The van der Waals surface area contributed by atoms with Crippen molar-refractivity contribution >= 4 is 17.2 Å². The van der Waals surface area contributed by atoms with E-state index in [1.165, 1.54) is 0 Å². The lowest BCUT2D eigenvalue weighted by Gasteiger charge is -2.10. The molecule has 22 heavy (non-hydrogen) atoms. The first kappa shape index (κ1) is 16.5. The van der Waals surface area contributed by atoms with Crippen LogP contribution in [-0.2, 0) is 11.2 Å². The summed E-state index contributed by atoms with van der Waals surface area (Å²) in [6.45, 7) is 6.02. The van der Waals surface area contributed by atoms with Crippen LogP contribution in [0.2, 0.25) is 0 Å². The molecule has 1 atom stereocenters. The summed E-state index contributed by atoms with van der Waals surface area (Å²) in [4.78, 5) is 17.6. The molecule has 0 aliphatic carbocycles. The molecule has 0 saturated carbocycles. The van der Waals surface area contributed by atoms with Gasteiger partial charge in [0.2, 0.25) is 5.91 Å². The van der Waals surface area contributed by atoms with Crippen LogP contribution >= 0.6 is 11.3 Å². The van der Waals surface area contributed by atoms with Crippen molar-refractivity contribution in [2.24, 2.45) is 0 Å². The Balaban J connectivity index is 2.15. The maximum atomic E-state index is 12.0. The average molecular weight is 318 g/mol. The molecule has 0 aliphatic rings. The number of rotatable bonds is 6. The minimum atomic E-state index is 0.0540. The molecule has 1 aromatic heterocycles. The second-order valence-corrected chi connectivity index (χ2v) is 6.40. The molecular weight excluding hydrogens is 296 g/mol. The van der Waals surface area contributed by atoms with E-state index in [2.05, 4.69) is 17.2 Å². The summed E-state index contributed by atoms with van der Waals surface area (Å²) >= 11 is 1.57. The second kappa shape index (κ2) is 7.40. The van der Waals surface area contributed by atoms with Gasteiger partial charge in [-0.1, -0.05) is 19.1 Å². The number of benzene rings is 1. The highest BCUT2D eigenvalue weighted by Gasteiger charge is 2.14. The van der Waals surface area contributed by atoms with Crippen LogP contribution < -0.4 is 10.1 Å². The molecule has 0 bridgehead atoms. The first-order valence-corrected chi connectivity index (χ1v) is 8.25. The van der Waals surface area contributed by atoms with Gasteiger partial charge in [-0.05, 0) is 32.4 Å². The molecule has 1 amide bonds. The number of thiazole rings is 1. The third-order valence-corrected chi connectivity index (χ3v) is 4.76. The number of nitrogens with zero attached hydrogens (tertiary/aromatic N) is 1. The van der Waals surface area contributed by atoms with Crippen LogP contribution in [-0.4, -0.2) is 24.0 Å². The molecule has 0 fully saturated rings. The number of aromatic nitrogens is 1. The second-order valence-electron chi connectivity index (χ2n) is 5.31. The lowest BCUT2D eigenvalue weighted by Crippen LogP contribution is -2.33. The van der Waals surface area contributed by atoms with Crippen LogP contribution in [0.5, 0.6) is 5.75 Å². The topological polar surface area (TPSA) is 51.2 Å². The fraction of sp³-hybridized carbons (Fsp3) is 0.412. The maximum Gasteiger partial charge on any atom is 0.225 e. The zero-order valence-electron chi connectivity index (χ0n) is 13.5. The first-order chi connectivity index (χ1) is 10.5. The van der Waals surface area contributed by atoms with Crippen LogP contribution in [0.1, 0.15) is 30.8 Å². The summed E-state index contributed by atoms with van der Waals surface area (Å²) in [5, 5.41) is 3.91. The van der Waals surface area contributed by atoms with Crippen molar-refractivity contribution in [3.8, 4) is 16.3 Å². The Hall–Kier alpha value is -1.88. The SMILES string of the molecule is CCC(C)NC(=O)Cc1sc(-c2cccc(OC)c2)nc1C. The number of ether oxygens (including phenoxy) is 1. The van der Waals surface area contributed by atoms with Crippen molar-refractivity contribution < 1.29 is 9.53 Å². The normalized spacial score (nSPS) is 12.0. The minimum absolute atomic E-state index is 0.0540. The summed E-state index contributed by atoms with van der Waals surface area (Å²) in [5.74, 6) is 0.861. The maximum absolute atomic E-state index is 12.0. The lowest BCUT2D eigenvalue weighted by atomic mass is 10.2. The highest BCUT2D eigenvalue weighted by Crippen LogP contribution is 2.30. The largest absolute Gasteiger partial charge is 0.497 e. The van der Waals surface area contributed by atoms with Crippen molar-refractivity contribution in [3.05, 3.63) is 34.8 Å². The molecule has 0 saturated heterocycles. The Labute approximate surface area is 135 Å². The van der Waals surface area contributed by atoms with Crippen LogP contribution in [0.25, 0.3) is 10.6 Å². The minimum Gasteiger partial charge on any atom is -0.497 e. The number of hydrogen-bond donors (Lipinski definition) is 1. The standard InChI is InChI=1S/C17H22N2O2S/c1-5-11(2)18-16(20)10-15-12(3)19-17(22-15)13-7-6-8-14(9-13)21-4/h6-9,11H,5,10H2,1-4H3,(H,18,20). The summed E-state index contributed by atoms with van der Waals surface area (Å²) < 4.78 is 5.25. The Morgan fingerprint density at radius 1 is 1.45 bits per heavy atom. The van der Waals surface area contributed by atoms with E-state index in [-0.39, 0.29) is 11.9 Å². The number of carbonyl (C=O) groups is 1. The number of nitrogens with one attached hydrogen (secondary N) is 1. The Morgan fingerprint density at radius 2 is 2.23 bits per heavy atom. The zero-order chi connectivity index (χ0) is 16.1. The average Bonchev–Trinajstić information content (AvgIpc) is 2.88. The summed E-state index contributed by atoms with van der Waals surface area (Å²) in [5.41, 5.74) is 1.93. The molecule has 5 heteroatoms. The van der Waals surface area contributed by atoms with Crippen molar-refractivity contribution in [3.63, 3.8) is 0 Å². The van der Waals surface area contributed by atoms with Crippen LogP contribution in [0, 0.1) is 6.92 Å². The number of amides is 1. The molecule has 1 N–H and O–H groups in total. The fourth-order valence-electron chi connectivity index (χ4n) is 2.05. The molecule has 0 radical (unpaired) electrons. The Morgan fingerprint density at radius 3 is 2.91 bits per heavy atom. The van der Waals surface area contributed by atoms with Crippen LogP contribution in [0.15, 0.2) is 24.3 Å². The Kier molecular flexibility index (Phi) is 5.55. The van der Waals surface area contributed by atoms with Gasteiger partial charge in [0, 0.05) is 16.5 Å². The van der Waals surface area contributed by atoms with E-state index in [0.29, 0.717) is 6.42 Å². The van der Waals surface area contributed by atoms with Gasteiger partial charge >= 0.3 is 0 Å². The van der Waals surface area contributed by atoms with Gasteiger partial charge in [0.1, 0.15) is 10.8 Å². The number of hydrogen-bond acceptors (Lipinski definition) is 4. The number of methoxy groups -OCH3 is 1. The van der Waals surface area contributed by atoms with Crippen molar-refractivity contribution in [2.45, 2.75) is 39.7 Å². The van der Waals surface area contributed by atoms with Crippen LogP contribution in [0.4, 0.5) is 0 Å². The van der Waals surface area contributed by atoms with E-state index in [0.717, 1.165) is 33.3 Å². The summed E-state index contributed by atoms with van der Waals surface area (Å²) in [6.07, 6.45) is 1.32. The van der Waals surface area contributed by atoms with Gasteiger partial charge in [-0.2, -0.15) is 0 Å². The highest BCUT2D eigenvalue weighted by atomic mass is 32.1. The van der Waals surface area contributed by atoms with E-state index >= 15 is 0 Å². The third-order valence-electron chi connectivity index (χ3n) is 3.55. The van der Waals surface area contributed by atoms with Gasteiger partial charge in [-0.3, -0.25) is 4.79 Å². The molecule has 2 aromatic rings. The monoisotopic (exact) mass is 318 g/mol. The van der Waals surface area contributed by atoms with Crippen LogP contribution in [0.3, 0.4) is 0 Å². The van der Waals surface area contributed by atoms with Crippen molar-refractivity contribution in [2.75, 3.05) is 7.11 Å².